The van der Waals surface area contributed by atoms with Gasteiger partial charge in [-0.05, 0) is 43.2 Å². The molecule has 2 saturated heterocycles. The van der Waals surface area contributed by atoms with Gasteiger partial charge in [0.1, 0.15) is 10.0 Å². The Hall–Kier alpha value is -2.84. The highest BCUT2D eigenvalue weighted by Gasteiger charge is 2.23. The van der Waals surface area contributed by atoms with Gasteiger partial charge in [0.25, 0.3) is 5.91 Å². The number of carbonyl (C=O) groups is 1. The Morgan fingerprint density at radius 1 is 1.00 bits per heavy atom. The highest BCUT2D eigenvalue weighted by atomic mass is 32.2. The maximum absolute atomic E-state index is 12.0. The molecule has 2 aliphatic heterocycles. The Balaban J connectivity index is 1.61. The summed E-state index contributed by atoms with van der Waals surface area (Å²) in [5.74, 6) is 0.683. The molecule has 2 aliphatic rings. The molecule has 0 radical (unpaired) electrons. The zero-order valence-corrected chi connectivity index (χ0v) is 17.1. The van der Waals surface area contributed by atoms with Gasteiger partial charge in [0, 0.05) is 13.1 Å². The van der Waals surface area contributed by atoms with Crippen LogP contribution in [0.4, 0.5) is 5.82 Å². The molecule has 3 aromatic rings. The van der Waals surface area contributed by atoms with Crippen LogP contribution < -0.4 is 10.2 Å². The summed E-state index contributed by atoms with van der Waals surface area (Å²) in [6.07, 6.45) is 4.06. The first kappa shape index (κ1) is 18.2. The van der Waals surface area contributed by atoms with Gasteiger partial charge in [0.2, 0.25) is 0 Å². The first-order valence-corrected chi connectivity index (χ1v) is 10.6. The third-order valence-corrected chi connectivity index (χ3v) is 6.05. The Bertz CT molecular complexity index is 1170. The second kappa shape index (κ2) is 7.53. The Kier molecular flexibility index (Phi) is 4.73. The van der Waals surface area contributed by atoms with Gasteiger partial charge in [-0.3, -0.25) is 4.79 Å². The number of carbonyl (C=O) groups excluding carboxylic acids is 1. The van der Waals surface area contributed by atoms with Crippen molar-refractivity contribution in [2.75, 3.05) is 18.0 Å². The fraction of sp³-hybridized carbons (Fsp3) is 0.190. The summed E-state index contributed by atoms with van der Waals surface area (Å²) >= 11 is 6.31. The van der Waals surface area contributed by atoms with Crippen LogP contribution in [0.2, 0.25) is 0 Å². The molecule has 0 atom stereocenters. The number of hydrogen-bond donors (Lipinski definition) is 1. The number of pyridine rings is 1. The van der Waals surface area contributed by atoms with Crippen LogP contribution in [0.5, 0.6) is 0 Å². The molecular formula is C21H17N5OS2. The average Bonchev–Trinajstić information content (AvgIpc) is 3.37. The van der Waals surface area contributed by atoms with E-state index in [9.17, 15) is 4.79 Å². The number of nitrogens with zero attached hydrogens (tertiary/aromatic N) is 4. The standard InChI is InChI=1S/C21H17N5OS2/c27-20-17(29-21(28)25-20)12-13-6-5-9-16(22-13)18-19(26-10-3-4-11-26)24-15-8-2-1-7-14(15)23-18/h1-2,5-9,12H,3-4,10-11H2,(H,25,27,28)/b17-12-. The van der Waals surface area contributed by atoms with Gasteiger partial charge in [-0.2, -0.15) is 0 Å². The molecule has 0 aliphatic carbocycles. The number of benzene rings is 1. The molecule has 6 nitrogen and oxygen atoms in total. The summed E-state index contributed by atoms with van der Waals surface area (Å²) in [6, 6.07) is 13.6. The first-order chi connectivity index (χ1) is 14.2. The molecule has 8 heteroatoms. The predicted molar refractivity (Wildman–Crippen MR) is 121 cm³/mol. The van der Waals surface area contributed by atoms with Crippen molar-refractivity contribution in [3.8, 4) is 11.4 Å². The minimum atomic E-state index is -0.185. The topological polar surface area (TPSA) is 71.0 Å². The predicted octanol–water partition coefficient (Wildman–Crippen LogP) is 3.78. The fourth-order valence-corrected chi connectivity index (χ4v) is 4.56. The number of thiocarbonyl (C=S) groups is 1. The fourth-order valence-electron chi connectivity index (χ4n) is 3.53. The van der Waals surface area contributed by atoms with Crippen LogP contribution in [0.25, 0.3) is 28.5 Å². The summed E-state index contributed by atoms with van der Waals surface area (Å²) in [4.78, 5) is 29.4. The lowest BCUT2D eigenvalue weighted by Gasteiger charge is -2.20. The molecule has 2 aromatic heterocycles. The number of aromatic nitrogens is 3. The van der Waals surface area contributed by atoms with E-state index in [0.717, 1.165) is 54.2 Å². The van der Waals surface area contributed by atoms with Crippen LogP contribution in [-0.2, 0) is 4.79 Å². The second-order valence-corrected chi connectivity index (χ2v) is 8.60. The van der Waals surface area contributed by atoms with Crippen molar-refractivity contribution in [3.05, 3.63) is 53.1 Å². The lowest BCUT2D eigenvalue weighted by Crippen LogP contribution is -2.20. The third-order valence-electron chi connectivity index (χ3n) is 4.89. The molecule has 1 aromatic carbocycles. The van der Waals surface area contributed by atoms with Crippen LogP contribution in [0.1, 0.15) is 18.5 Å². The third kappa shape index (κ3) is 3.61. The van der Waals surface area contributed by atoms with Crippen molar-refractivity contribution < 1.29 is 4.79 Å². The molecule has 29 heavy (non-hydrogen) atoms. The van der Waals surface area contributed by atoms with E-state index in [0.29, 0.717) is 14.9 Å². The lowest BCUT2D eigenvalue weighted by atomic mass is 10.2. The van der Waals surface area contributed by atoms with E-state index in [1.807, 2.05) is 42.5 Å². The number of fused-ring (bicyclic) bond motifs is 1. The molecule has 1 amide bonds. The van der Waals surface area contributed by atoms with Gasteiger partial charge in [-0.25, -0.2) is 15.0 Å². The Morgan fingerprint density at radius 2 is 1.76 bits per heavy atom. The smallest absolute Gasteiger partial charge is 0.263 e. The highest BCUT2D eigenvalue weighted by Crippen LogP contribution is 2.31. The molecule has 5 rings (SSSR count). The number of thioether (sulfide) groups is 1. The van der Waals surface area contributed by atoms with Gasteiger partial charge < -0.3 is 10.2 Å². The Morgan fingerprint density at radius 3 is 2.48 bits per heavy atom. The SMILES string of the molecule is O=C1NC(=S)S/C1=C\c1cccc(-c2nc3ccccc3nc2N2CCCC2)n1. The molecule has 4 heterocycles. The molecule has 1 N–H and O–H groups in total. The van der Waals surface area contributed by atoms with Crippen molar-refractivity contribution >= 4 is 57.1 Å². The van der Waals surface area contributed by atoms with Crippen molar-refractivity contribution in [1.82, 2.24) is 20.3 Å². The van der Waals surface area contributed by atoms with E-state index in [2.05, 4.69) is 10.2 Å². The number of rotatable bonds is 3. The van der Waals surface area contributed by atoms with Crippen molar-refractivity contribution in [3.63, 3.8) is 0 Å². The zero-order chi connectivity index (χ0) is 19.8. The van der Waals surface area contributed by atoms with Gasteiger partial charge in [0.05, 0.1) is 27.3 Å². The summed E-state index contributed by atoms with van der Waals surface area (Å²) in [6.45, 7) is 1.94. The molecule has 144 valence electrons. The van der Waals surface area contributed by atoms with E-state index in [1.54, 1.807) is 6.08 Å². The van der Waals surface area contributed by atoms with Crippen LogP contribution in [-0.4, -0.2) is 38.3 Å². The summed E-state index contributed by atoms with van der Waals surface area (Å²) in [7, 11) is 0. The first-order valence-electron chi connectivity index (χ1n) is 9.41. The van der Waals surface area contributed by atoms with E-state index in [-0.39, 0.29) is 5.91 Å². The van der Waals surface area contributed by atoms with Gasteiger partial charge >= 0.3 is 0 Å². The summed E-state index contributed by atoms with van der Waals surface area (Å²) < 4.78 is 0.467. The number of anilines is 1. The lowest BCUT2D eigenvalue weighted by molar-refractivity contribution is -0.115. The monoisotopic (exact) mass is 419 g/mol. The molecule has 0 bridgehead atoms. The van der Waals surface area contributed by atoms with E-state index < -0.39 is 0 Å². The van der Waals surface area contributed by atoms with Gasteiger partial charge in [-0.15, -0.1) is 0 Å². The minimum Gasteiger partial charge on any atom is -0.355 e. The van der Waals surface area contributed by atoms with Crippen molar-refractivity contribution in [2.24, 2.45) is 0 Å². The maximum atomic E-state index is 12.0. The van der Waals surface area contributed by atoms with Gasteiger partial charge in [-0.1, -0.05) is 42.2 Å². The average molecular weight is 420 g/mol. The van der Waals surface area contributed by atoms with E-state index >= 15 is 0 Å². The summed E-state index contributed by atoms with van der Waals surface area (Å²) in [5.41, 5.74) is 3.92. The number of hydrogen-bond acceptors (Lipinski definition) is 7. The largest absolute Gasteiger partial charge is 0.355 e. The van der Waals surface area contributed by atoms with Crippen LogP contribution >= 0.6 is 24.0 Å². The molecule has 0 spiro atoms. The second-order valence-electron chi connectivity index (χ2n) is 6.88. The minimum absolute atomic E-state index is 0.185. The zero-order valence-electron chi connectivity index (χ0n) is 15.5. The quantitative estimate of drug-likeness (QED) is 0.512. The summed E-state index contributed by atoms with van der Waals surface area (Å²) in [5, 5.41) is 2.63. The maximum Gasteiger partial charge on any atom is 0.263 e. The Labute approximate surface area is 177 Å². The molecule has 0 unspecified atom stereocenters. The van der Waals surface area contributed by atoms with Crippen molar-refractivity contribution in [1.29, 1.82) is 0 Å². The number of amides is 1. The normalized spacial score (nSPS) is 18.1. The number of para-hydroxylation sites is 2. The van der Waals surface area contributed by atoms with Crippen molar-refractivity contribution in [2.45, 2.75) is 12.8 Å². The van der Waals surface area contributed by atoms with E-state index in [4.69, 9.17) is 27.2 Å². The van der Waals surface area contributed by atoms with E-state index in [1.165, 1.54) is 11.8 Å². The molecule has 0 saturated carbocycles. The van der Waals surface area contributed by atoms with Crippen LogP contribution in [0.3, 0.4) is 0 Å². The van der Waals surface area contributed by atoms with Gasteiger partial charge in [0.15, 0.2) is 5.82 Å². The molecule has 2 fully saturated rings. The molecular weight excluding hydrogens is 402 g/mol. The number of nitrogens with one attached hydrogen (secondary N) is 1. The van der Waals surface area contributed by atoms with Crippen LogP contribution in [0, 0.1) is 0 Å². The van der Waals surface area contributed by atoms with Crippen LogP contribution in [0.15, 0.2) is 47.4 Å². The highest BCUT2D eigenvalue weighted by molar-refractivity contribution is 8.26.